The third-order valence-corrected chi connectivity index (χ3v) is 8.51. The van der Waals surface area contributed by atoms with Gasteiger partial charge in [-0.05, 0) is 55.5 Å². The standard InChI is InChI=1S/C23H24N6O5S/c1-16-22(24-25-28(16)19-6-3-7-20(15-19)29(31)32)23(30)26-10-12-27(13-11-26)35(33,34)21-9-8-17-4-2-5-18(17)14-21/h3,6-9,14-15H,2,4-5,10-13H2,1H3. The minimum absolute atomic E-state index is 0.0917. The molecular weight excluding hydrogens is 472 g/mol. The molecule has 1 saturated heterocycles. The Hall–Kier alpha value is -3.64. The third kappa shape index (κ3) is 4.19. The van der Waals surface area contributed by atoms with Gasteiger partial charge in [0.1, 0.15) is 0 Å². The van der Waals surface area contributed by atoms with Gasteiger partial charge in [-0.3, -0.25) is 14.9 Å². The number of sulfonamides is 1. The molecule has 11 nitrogen and oxygen atoms in total. The highest BCUT2D eigenvalue weighted by molar-refractivity contribution is 7.89. The number of carbonyl (C=O) groups is 1. The van der Waals surface area contributed by atoms with Crippen LogP contribution in [0.25, 0.3) is 5.69 Å². The maximum Gasteiger partial charge on any atom is 0.276 e. The first-order valence-corrected chi connectivity index (χ1v) is 12.8. The fourth-order valence-electron chi connectivity index (χ4n) is 4.65. The summed E-state index contributed by atoms with van der Waals surface area (Å²) < 4.78 is 29.1. The first kappa shape index (κ1) is 23.1. The molecule has 2 aliphatic rings. The van der Waals surface area contributed by atoms with Gasteiger partial charge in [0.25, 0.3) is 11.6 Å². The number of hydrogen-bond acceptors (Lipinski definition) is 7. The quantitative estimate of drug-likeness (QED) is 0.390. The van der Waals surface area contributed by atoms with E-state index in [0.717, 1.165) is 24.8 Å². The molecule has 0 spiro atoms. The Labute approximate surface area is 202 Å². The van der Waals surface area contributed by atoms with Crippen LogP contribution in [0.15, 0.2) is 47.4 Å². The number of rotatable bonds is 5. The second kappa shape index (κ2) is 8.86. The molecule has 12 heteroatoms. The summed E-state index contributed by atoms with van der Waals surface area (Å²) in [6.45, 7) is 2.49. The number of carbonyl (C=O) groups excluding carboxylic acids is 1. The lowest BCUT2D eigenvalue weighted by atomic mass is 10.1. The van der Waals surface area contributed by atoms with Crippen molar-refractivity contribution in [2.24, 2.45) is 0 Å². The van der Waals surface area contributed by atoms with Crippen LogP contribution in [-0.2, 0) is 22.9 Å². The van der Waals surface area contributed by atoms with Gasteiger partial charge in [0.05, 0.1) is 21.2 Å². The van der Waals surface area contributed by atoms with E-state index in [1.54, 1.807) is 30.0 Å². The molecule has 0 unspecified atom stereocenters. The highest BCUT2D eigenvalue weighted by Gasteiger charge is 2.32. The molecule has 1 fully saturated rings. The van der Waals surface area contributed by atoms with E-state index in [-0.39, 0.29) is 43.5 Å². The topological polar surface area (TPSA) is 132 Å². The SMILES string of the molecule is Cc1c(C(=O)N2CCN(S(=O)(=O)c3ccc4c(c3)CCC4)CC2)nnn1-c1cccc([N+](=O)[O-])c1. The molecule has 0 saturated carbocycles. The Morgan fingerprint density at radius 1 is 1.03 bits per heavy atom. The van der Waals surface area contributed by atoms with Crippen LogP contribution in [0, 0.1) is 17.0 Å². The number of hydrogen-bond donors (Lipinski definition) is 0. The molecular formula is C23H24N6O5S. The number of fused-ring (bicyclic) bond motifs is 1. The predicted molar refractivity (Wildman–Crippen MR) is 126 cm³/mol. The zero-order valence-electron chi connectivity index (χ0n) is 19.1. The van der Waals surface area contributed by atoms with Crippen LogP contribution < -0.4 is 0 Å². The van der Waals surface area contributed by atoms with E-state index in [2.05, 4.69) is 10.3 Å². The van der Waals surface area contributed by atoms with Gasteiger partial charge in [0, 0.05) is 38.3 Å². The number of piperazine rings is 1. The Morgan fingerprint density at radius 3 is 2.51 bits per heavy atom. The molecule has 35 heavy (non-hydrogen) atoms. The molecule has 1 amide bonds. The summed E-state index contributed by atoms with van der Waals surface area (Å²) in [5.74, 6) is -0.353. The number of non-ortho nitro benzene ring substituents is 1. The van der Waals surface area contributed by atoms with E-state index < -0.39 is 14.9 Å². The molecule has 3 aromatic rings. The first-order valence-electron chi connectivity index (χ1n) is 11.3. The van der Waals surface area contributed by atoms with Gasteiger partial charge in [-0.15, -0.1) is 5.10 Å². The van der Waals surface area contributed by atoms with E-state index in [4.69, 9.17) is 0 Å². The Bertz CT molecular complexity index is 1430. The van der Waals surface area contributed by atoms with Crippen molar-refractivity contribution in [2.75, 3.05) is 26.2 Å². The first-order chi connectivity index (χ1) is 16.8. The molecule has 2 aromatic carbocycles. The van der Waals surface area contributed by atoms with Crippen molar-refractivity contribution in [3.63, 3.8) is 0 Å². The van der Waals surface area contributed by atoms with Crippen LogP contribution in [0.5, 0.6) is 0 Å². The van der Waals surface area contributed by atoms with Crippen molar-refractivity contribution in [1.29, 1.82) is 0 Å². The summed E-state index contributed by atoms with van der Waals surface area (Å²) in [5.41, 5.74) is 3.23. The van der Waals surface area contributed by atoms with Crippen molar-refractivity contribution in [3.05, 3.63) is 75.1 Å². The maximum absolute atomic E-state index is 13.2. The monoisotopic (exact) mass is 496 g/mol. The molecule has 0 bridgehead atoms. The molecule has 2 heterocycles. The van der Waals surface area contributed by atoms with Crippen molar-refractivity contribution in [2.45, 2.75) is 31.1 Å². The van der Waals surface area contributed by atoms with Gasteiger partial charge >= 0.3 is 0 Å². The molecule has 1 aliphatic carbocycles. The lowest BCUT2D eigenvalue weighted by molar-refractivity contribution is -0.384. The molecule has 0 N–H and O–H groups in total. The second-order valence-electron chi connectivity index (χ2n) is 8.69. The Kier molecular flexibility index (Phi) is 5.85. The van der Waals surface area contributed by atoms with Crippen molar-refractivity contribution >= 4 is 21.6 Å². The zero-order chi connectivity index (χ0) is 24.7. The lowest BCUT2D eigenvalue weighted by Gasteiger charge is -2.33. The number of benzene rings is 2. The molecule has 1 aromatic heterocycles. The third-order valence-electron chi connectivity index (χ3n) is 6.62. The summed E-state index contributed by atoms with van der Waals surface area (Å²) in [6.07, 6.45) is 2.93. The van der Waals surface area contributed by atoms with Crippen molar-refractivity contribution < 1.29 is 18.1 Å². The van der Waals surface area contributed by atoms with Crippen LogP contribution in [0.2, 0.25) is 0 Å². The molecule has 0 radical (unpaired) electrons. The van der Waals surface area contributed by atoms with Crippen LogP contribution >= 0.6 is 0 Å². The molecule has 1 aliphatic heterocycles. The Morgan fingerprint density at radius 2 is 1.77 bits per heavy atom. The fraction of sp³-hybridized carbons (Fsp3) is 0.348. The van der Waals surface area contributed by atoms with Crippen LogP contribution in [0.3, 0.4) is 0 Å². The van der Waals surface area contributed by atoms with E-state index in [1.165, 1.54) is 32.7 Å². The molecule has 5 rings (SSSR count). The highest BCUT2D eigenvalue weighted by Crippen LogP contribution is 2.27. The van der Waals surface area contributed by atoms with Gasteiger partial charge < -0.3 is 4.90 Å². The highest BCUT2D eigenvalue weighted by atomic mass is 32.2. The van der Waals surface area contributed by atoms with E-state index >= 15 is 0 Å². The average molecular weight is 497 g/mol. The predicted octanol–water partition coefficient (Wildman–Crippen LogP) is 2.12. The number of amides is 1. The van der Waals surface area contributed by atoms with Crippen LogP contribution in [0.1, 0.15) is 33.7 Å². The van der Waals surface area contributed by atoms with Crippen LogP contribution in [0.4, 0.5) is 5.69 Å². The smallest absolute Gasteiger partial charge is 0.276 e. The van der Waals surface area contributed by atoms with E-state index in [0.29, 0.717) is 16.3 Å². The van der Waals surface area contributed by atoms with Gasteiger partial charge in [-0.1, -0.05) is 17.3 Å². The van der Waals surface area contributed by atoms with Gasteiger partial charge in [-0.25, -0.2) is 13.1 Å². The van der Waals surface area contributed by atoms with Gasteiger partial charge in [-0.2, -0.15) is 4.31 Å². The number of nitro benzene ring substituents is 1. The van der Waals surface area contributed by atoms with E-state index in [1.807, 2.05) is 6.07 Å². The number of aromatic nitrogens is 3. The molecule has 0 atom stereocenters. The summed E-state index contributed by atoms with van der Waals surface area (Å²) in [6, 6.07) is 11.3. The molecule has 182 valence electrons. The van der Waals surface area contributed by atoms with Crippen molar-refractivity contribution in [1.82, 2.24) is 24.2 Å². The normalized spacial score (nSPS) is 16.3. The lowest BCUT2D eigenvalue weighted by Crippen LogP contribution is -2.50. The minimum atomic E-state index is -3.64. The van der Waals surface area contributed by atoms with Crippen LogP contribution in [-0.4, -0.2) is 69.6 Å². The summed E-state index contributed by atoms with van der Waals surface area (Å²) in [7, 11) is -3.64. The van der Waals surface area contributed by atoms with Gasteiger partial charge in [0.15, 0.2) is 5.69 Å². The maximum atomic E-state index is 13.2. The van der Waals surface area contributed by atoms with Crippen molar-refractivity contribution in [3.8, 4) is 5.69 Å². The van der Waals surface area contributed by atoms with E-state index in [9.17, 15) is 23.3 Å². The number of nitro groups is 1. The Balaban J connectivity index is 1.29. The zero-order valence-corrected chi connectivity index (χ0v) is 19.9. The second-order valence-corrected chi connectivity index (χ2v) is 10.6. The summed E-state index contributed by atoms with van der Waals surface area (Å²) in [4.78, 5) is 25.6. The minimum Gasteiger partial charge on any atom is -0.335 e. The average Bonchev–Trinajstić information content (AvgIpc) is 3.49. The van der Waals surface area contributed by atoms with Gasteiger partial charge in [0.2, 0.25) is 10.0 Å². The fourth-order valence-corrected chi connectivity index (χ4v) is 6.12. The number of nitrogens with zero attached hydrogens (tertiary/aromatic N) is 6. The summed E-state index contributed by atoms with van der Waals surface area (Å²) in [5, 5.41) is 19.1. The largest absolute Gasteiger partial charge is 0.335 e. The number of aryl methyl sites for hydroxylation is 2. The summed E-state index contributed by atoms with van der Waals surface area (Å²) >= 11 is 0.